The fourth-order valence-corrected chi connectivity index (χ4v) is 1.79. The Morgan fingerprint density at radius 3 is 2.92 bits per heavy atom. The average molecular weight is 181 g/mol. The minimum atomic E-state index is 0.0387. The summed E-state index contributed by atoms with van der Waals surface area (Å²) in [6.07, 6.45) is 3.79. The third-order valence-corrected chi connectivity index (χ3v) is 2.88. The SMILES string of the molecule is C=CC(=O)N1CCOCC2(CC2)C1. The molecule has 0 aromatic rings. The first kappa shape index (κ1) is 8.75. The van der Waals surface area contributed by atoms with Crippen molar-refractivity contribution in [2.24, 2.45) is 5.41 Å². The lowest BCUT2D eigenvalue weighted by Crippen LogP contribution is -2.35. The van der Waals surface area contributed by atoms with E-state index in [4.69, 9.17) is 4.74 Å². The number of hydrogen-bond acceptors (Lipinski definition) is 2. The fraction of sp³-hybridized carbons (Fsp3) is 0.700. The van der Waals surface area contributed by atoms with Crippen molar-refractivity contribution in [3.63, 3.8) is 0 Å². The summed E-state index contributed by atoms with van der Waals surface area (Å²) in [7, 11) is 0. The maximum atomic E-state index is 11.4. The molecule has 72 valence electrons. The Labute approximate surface area is 78.4 Å². The predicted molar refractivity (Wildman–Crippen MR) is 49.3 cm³/mol. The first-order valence-corrected chi connectivity index (χ1v) is 4.75. The Hall–Kier alpha value is -0.830. The summed E-state index contributed by atoms with van der Waals surface area (Å²) in [4.78, 5) is 13.2. The lowest BCUT2D eigenvalue weighted by molar-refractivity contribution is -0.126. The van der Waals surface area contributed by atoms with Crippen molar-refractivity contribution in [3.05, 3.63) is 12.7 Å². The van der Waals surface area contributed by atoms with E-state index in [-0.39, 0.29) is 5.91 Å². The van der Waals surface area contributed by atoms with Gasteiger partial charge in [0.05, 0.1) is 13.2 Å². The maximum absolute atomic E-state index is 11.4. The van der Waals surface area contributed by atoms with E-state index in [9.17, 15) is 4.79 Å². The highest BCUT2D eigenvalue weighted by Crippen LogP contribution is 2.47. The molecule has 2 rings (SSSR count). The zero-order valence-electron chi connectivity index (χ0n) is 7.79. The van der Waals surface area contributed by atoms with Crippen LogP contribution in [-0.4, -0.2) is 37.1 Å². The Balaban J connectivity index is 2.02. The summed E-state index contributed by atoms with van der Waals surface area (Å²) in [5, 5.41) is 0. The predicted octanol–water partition coefficient (Wildman–Crippen LogP) is 0.811. The van der Waals surface area contributed by atoms with Gasteiger partial charge < -0.3 is 9.64 Å². The van der Waals surface area contributed by atoms with Crippen molar-refractivity contribution >= 4 is 5.91 Å². The number of nitrogens with zero attached hydrogens (tertiary/aromatic N) is 1. The number of rotatable bonds is 1. The van der Waals surface area contributed by atoms with E-state index in [0.29, 0.717) is 18.6 Å². The zero-order chi connectivity index (χ0) is 9.31. The molecule has 3 nitrogen and oxygen atoms in total. The van der Waals surface area contributed by atoms with Crippen LogP contribution in [0.15, 0.2) is 12.7 Å². The second kappa shape index (κ2) is 3.14. The third-order valence-electron chi connectivity index (χ3n) is 2.88. The Morgan fingerprint density at radius 2 is 2.31 bits per heavy atom. The lowest BCUT2D eigenvalue weighted by Gasteiger charge is -2.21. The van der Waals surface area contributed by atoms with Gasteiger partial charge >= 0.3 is 0 Å². The van der Waals surface area contributed by atoms with Crippen molar-refractivity contribution in [3.8, 4) is 0 Å². The highest BCUT2D eigenvalue weighted by molar-refractivity contribution is 5.87. The molecule has 1 saturated heterocycles. The monoisotopic (exact) mass is 181 g/mol. The topological polar surface area (TPSA) is 29.5 Å². The molecule has 1 aliphatic heterocycles. The normalized spacial score (nSPS) is 25.4. The van der Waals surface area contributed by atoms with Gasteiger partial charge in [0.2, 0.25) is 5.91 Å². The summed E-state index contributed by atoms with van der Waals surface area (Å²) in [6.45, 7) is 6.57. The molecule has 0 atom stereocenters. The van der Waals surface area contributed by atoms with Crippen molar-refractivity contribution in [1.29, 1.82) is 0 Å². The molecule has 0 aromatic carbocycles. The van der Waals surface area contributed by atoms with Gasteiger partial charge in [-0.05, 0) is 18.9 Å². The standard InChI is InChI=1S/C10H15NO2/c1-2-9(12)11-5-6-13-8-10(7-11)3-4-10/h2H,1,3-8H2. The Kier molecular flexibility index (Phi) is 2.12. The maximum Gasteiger partial charge on any atom is 0.246 e. The highest BCUT2D eigenvalue weighted by Gasteiger charge is 2.45. The van der Waals surface area contributed by atoms with Gasteiger partial charge in [-0.1, -0.05) is 6.58 Å². The van der Waals surface area contributed by atoms with E-state index >= 15 is 0 Å². The molecule has 0 radical (unpaired) electrons. The average Bonchev–Trinajstić information content (AvgIpc) is 2.93. The summed E-state index contributed by atoms with van der Waals surface area (Å²) in [6, 6.07) is 0. The van der Waals surface area contributed by atoms with Crippen LogP contribution < -0.4 is 0 Å². The second-order valence-corrected chi connectivity index (χ2v) is 4.02. The van der Waals surface area contributed by atoms with E-state index in [1.54, 1.807) is 0 Å². The number of carbonyl (C=O) groups is 1. The fourth-order valence-electron chi connectivity index (χ4n) is 1.79. The van der Waals surface area contributed by atoms with Gasteiger partial charge in [0.15, 0.2) is 0 Å². The van der Waals surface area contributed by atoms with Crippen LogP contribution in [0.3, 0.4) is 0 Å². The summed E-state index contributed by atoms with van der Waals surface area (Å²) >= 11 is 0. The molecule has 1 saturated carbocycles. The minimum Gasteiger partial charge on any atom is -0.379 e. The quantitative estimate of drug-likeness (QED) is 0.560. The smallest absolute Gasteiger partial charge is 0.246 e. The first-order valence-electron chi connectivity index (χ1n) is 4.75. The van der Waals surface area contributed by atoms with Gasteiger partial charge in [0.1, 0.15) is 0 Å². The molecule has 2 fully saturated rings. The highest BCUT2D eigenvalue weighted by atomic mass is 16.5. The zero-order valence-corrected chi connectivity index (χ0v) is 7.79. The van der Waals surface area contributed by atoms with Crippen molar-refractivity contribution in [1.82, 2.24) is 4.90 Å². The van der Waals surface area contributed by atoms with Crippen LogP contribution in [0, 0.1) is 5.41 Å². The third kappa shape index (κ3) is 1.75. The molecule has 1 spiro atoms. The van der Waals surface area contributed by atoms with E-state index in [0.717, 1.165) is 13.2 Å². The molecule has 1 aliphatic carbocycles. The molecular formula is C10H15NO2. The van der Waals surface area contributed by atoms with Crippen LogP contribution in [0.5, 0.6) is 0 Å². The number of ether oxygens (including phenoxy) is 1. The molecule has 0 aromatic heterocycles. The lowest BCUT2D eigenvalue weighted by atomic mass is 10.1. The van der Waals surface area contributed by atoms with Crippen LogP contribution in [0.2, 0.25) is 0 Å². The largest absolute Gasteiger partial charge is 0.379 e. The molecule has 1 heterocycles. The van der Waals surface area contributed by atoms with Crippen molar-refractivity contribution < 1.29 is 9.53 Å². The van der Waals surface area contributed by atoms with Gasteiger partial charge in [-0.3, -0.25) is 4.79 Å². The van der Waals surface area contributed by atoms with E-state index in [2.05, 4.69) is 6.58 Å². The van der Waals surface area contributed by atoms with E-state index < -0.39 is 0 Å². The second-order valence-electron chi connectivity index (χ2n) is 4.02. The summed E-state index contributed by atoms with van der Waals surface area (Å²) in [5.41, 5.74) is 0.301. The van der Waals surface area contributed by atoms with Crippen molar-refractivity contribution in [2.75, 3.05) is 26.3 Å². The van der Waals surface area contributed by atoms with Gasteiger partial charge in [-0.15, -0.1) is 0 Å². The Bertz CT molecular complexity index is 233. The summed E-state index contributed by atoms with van der Waals surface area (Å²) < 4.78 is 5.47. The Morgan fingerprint density at radius 1 is 1.54 bits per heavy atom. The molecular weight excluding hydrogens is 166 g/mol. The molecule has 2 aliphatic rings. The first-order chi connectivity index (χ1) is 6.26. The van der Waals surface area contributed by atoms with Gasteiger partial charge in [-0.25, -0.2) is 0 Å². The van der Waals surface area contributed by atoms with Crippen LogP contribution in [0.1, 0.15) is 12.8 Å². The number of hydrogen-bond donors (Lipinski definition) is 0. The molecule has 3 heteroatoms. The number of amides is 1. The van der Waals surface area contributed by atoms with Gasteiger partial charge in [0, 0.05) is 18.5 Å². The molecule has 13 heavy (non-hydrogen) atoms. The van der Waals surface area contributed by atoms with E-state index in [1.165, 1.54) is 18.9 Å². The number of carbonyl (C=O) groups excluding carboxylic acids is 1. The van der Waals surface area contributed by atoms with Crippen LogP contribution in [0.25, 0.3) is 0 Å². The molecule has 1 amide bonds. The van der Waals surface area contributed by atoms with Gasteiger partial charge in [-0.2, -0.15) is 0 Å². The van der Waals surface area contributed by atoms with Gasteiger partial charge in [0.25, 0.3) is 0 Å². The van der Waals surface area contributed by atoms with Crippen molar-refractivity contribution in [2.45, 2.75) is 12.8 Å². The van der Waals surface area contributed by atoms with E-state index in [1.807, 2.05) is 4.90 Å². The molecule has 0 N–H and O–H groups in total. The minimum absolute atomic E-state index is 0.0387. The van der Waals surface area contributed by atoms with Crippen LogP contribution >= 0.6 is 0 Å². The summed E-state index contributed by atoms with van der Waals surface area (Å²) in [5.74, 6) is 0.0387. The molecule has 0 bridgehead atoms. The molecule has 0 unspecified atom stereocenters. The van der Waals surface area contributed by atoms with Crippen LogP contribution in [0.4, 0.5) is 0 Å². The van der Waals surface area contributed by atoms with Crippen LogP contribution in [-0.2, 0) is 9.53 Å².